The first-order chi connectivity index (χ1) is 9.24. The average molecular weight is 252 g/mol. The molecule has 3 aromatic rings. The number of nitrogens with two attached hydrogens (primary N) is 1. The van der Waals surface area contributed by atoms with E-state index in [2.05, 4.69) is 10.2 Å². The van der Waals surface area contributed by atoms with E-state index in [1.807, 2.05) is 48.5 Å². The summed E-state index contributed by atoms with van der Waals surface area (Å²) >= 11 is 0. The van der Waals surface area contributed by atoms with Gasteiger partial charge in [-0.2, -0.15) is 4.80 Å². The van der Waals surface area contributed by atoms with Gasteiger partial charge < -0.3 is 5.73 Å². The van der Waals surface area contributed by atoms with Crippen LogP contribution in [0.2, 0.25) is 0 Å². The Morgan fingerprint density at radius 3 is 2.58 bits per heavy atom. The third kappa shape index (κ3) is 2.18. The predicted molar refractivity (Wildman–Crippen MR) is 71.8 cm³/mol. The SMILES string of the molecule is NC(=O)Cc1cccc2nn(-c3ccccc3)nc12. The highest BCUT2D eigenvalue weighted by Crippen LogP contribution is 2.17. The summed E-state index contributed by atoms with van der Waals surface area (Å²) in [5, 5.41) is 8.84. The summed E-state index contributed by atoms with van der Waals surface area (Å²) in [5.74, 6) is -0.373. The fourth-order valence-electron chi connectivity index (χ4n) is 2.00. The van der Waals surface area contributed by atoms with Gasteiger partial charge in [-0.3, -0.25) is 4.79 Å². The van der Waals surface area contributed by atoms with Crippen molar-refractivity contribution in [1.29, 1.82) is 0 Å². The Morgan fingerprint density at radius 2 is 1.84 bits per heavy atom. The lowest BCUT2D eigenvalue weighted by Crippen LogP contribution is -2.13. The van der Waals surface area contributed by atoms with Crippen molar-refractivity contribution >= 4 is 16.9 Å². The molecule has 0 radical (unpaired) electrons. The topological polar surface area (TPSA) is 73.8 Å². The fraction of sp³-hybridized carbons (Fsp3) is 0.0714. The van der Waals surface area contributed by atoms with E-state index in [9.17, 15) is 4.79 Å². The number of hydrogen-bond donors (Lipinski definition) is 1. The molecule has 0 saturated heterocycles. The molecule has 0 aliphatic carbocycles. The first-order valence-corrected chi connectivity index (χ1v) is 5.93. The molecule has 0 aliphatic heterocycles. The molecule has 0 aliphatic rings. The van der Waals surface area contributed by atoms with Gasteiger partial charge in [0.25, 0.3) is 0 Å². The van der Waals surface area contributed by atoms with Gasteiger partial charge in [-0.05, 0) is 23.8 Å². The Morgan fingerprint density at radius 1 is 1.05 bits per heavy atom. The molecule has 5 nitrogen and oxygen atoms in total. The van der Waals surface area contributed by atoms with Crippen molar-refractivity contribution in [2.75, 3.05) is 0 Å². The van der Waals surface area contributed by atoms with Crippen LogP contribution in [-0.2, 0) is 11.2 Å². The molecule has 0 unspecified atom stereocenters. The Bertz CT molecular complexity index is 734. The van der Waals surface area contributed by atoms with Gasteiger partial charge in [-0.1, -0.05) is 30.3 Å². The number of rotatable bonds is 3. The van der Waals surface area contributed by atoms with Crippen LogP contribution in [0.4, 0.5) is 0 Å². The minimum absolute atomic E-state index is 0.171. The van der Waals surface area contributed by atoms with Gasteiger partial charge in [-0.15, -0.1) is 10.2 Å². The summed E-state index contributed by atoms with van der Waals surface area (Å²) in [6, 6.07) is 15.2. The standard InChI is InChI=1S/C14H12N4O/c15-13(19)9-10-5-4-8-12-14(10)17-18(16-12)11-6-2-1-3-7-11/h1-8H,9H2,(H2,15,19). The van der Waals surface area contributed by atoms with Gasteiger partial charge in [0.1, 0.15) is 11.0 Å². The molecule has 1 heterocycles. The van der Waals surface area contributed by atoms with Crippen molar-refractivity contribution in [2.45, 2.75) is 6.42 Å². The number of aromatic nitrogens is 3. The lowest BCUT2D eigenvalue weighted by molar-refractivity contribution is -0.117. The molecule has 19 heavy (non-hydrogen) atoms. The molecule has 0 spiro atoms. The molecule has 2 aromatic carbocycles. The van der Waals surface area contributed by atoms with Crippen LogP contribution in [0.25, 0.3) is 16.7 Å². The number of hydrogen-bond acceptors (Lipinski definition) is 3. The van der Waals surface area contributed by atoms with E-state index in [1.54, 1.807) is 4.80 Å². The largest absolute Gasteiger partial charge is 0.369 e. The van der Waals surface area contributed by atoms with Crippen LogP contribution in [0.3, 0.4) is 0 Å². The number of para-hydroxylation sites is 1. The lowest BCUT2D eigenvalue weighted by atomic mass is 10.1. The highest BCUT2D eigenvalue weighted by atomic mass is 16.1. The van der Waals surface area contributed by atoms with Crippen molar-refractivity contribution in [3.8, 4) is 5.69 Å². The molecule has 94 valence electrons. The second-order valence-electron chi connectivity index (χ2n) is 4.25. The molecule has 0 bridgehead atoms. The van der Waals surface area contributed by atoms with E-state index in [-0.39, 0.29) is 12.3 Å². The van der Waals surface area contributed by atoms with E-state index in [0.29, 0.717) is 5.52 Å². The second kappa shape index (κ2) is 4.53. The maximum Gasteiger partial charge on any atom is 0.221 e. The normalized spacial score (nSPS) is 10.7. The maximum atomic E-state index is 11.1. The summed E-state index contributed by atoms with van der Waals surface area (Å²) in [4.78, 5) is 12.6. The zero-order chi connectivity index (χ0) is 13.2. The Kier molecular flexibility index (Phi) is 2.72. The number of nitrogens with zero attached hydrogens (tertiary/aromatic N) is 3. The van der Waals surface area contributed by atoms with Crippen molar-refractivity contribution in [3.63, 3.8) is 0 Å². The number of fused-ring (bicyclic) bond motifs is 1. The van der Waals surface area contributed by atoms with Crippen LogP contribution in [-0.4, -0.2) is 20.9 Å². The fourth-order valence-corrected chi connectivity index (χ4v) is 2.00. The lowest BCUT2D eigenvalue weighted by Gasteiger charge is -1.97. The zero-order valence-corrected chi connectivity index (χ0v) is 10.2. The number of amides is 1. The highest BCUT2D eigenvalue weighted by molar-refractivity contribution is 5.85. The first-order valence-electron chi connectivity index (χ1n) is 5.93. The predicted octanol–water partition coefficient (Wildman–Crippen LogP) is 1.45. The number of carbonyl (C=O) groups excluding carboxylic acids is 1. The van der Waals surface area contributed by atoms with Gasteiger partial charge in [0, 0.05) is 0 Å². The molecule has 5 heteroatoms. The van der Waals surface area contributed by atoms with Crippen molar-refractivity contribution < 1.29 is 4.79 Å². The summed E-state index contributed by atoms with van der Waals surface area (Å²) < 4.78 is 0. The van der Waals surface area contributed by atoms with E-state index < -0.39 is 0 Å². The summed E-state index contributed by atoms with van der Waals surface area (Å²) in [6.07, 6.45) is 0.171. The third-order valence-electron chi connectivity index (χ3n) is 2.85. The molecule has 0 fully saturated rings. The zero-order valence-electron chi connectivity index (χ0n) is 10.2. The number of carbonyl (C=O) groups is 1. The molecule has 3 rings (SSSR count). The molecule has 0 atom stereocenters. The van der Waals surface area contributed by atoms with Crippen LogP contribution in [0.1, 0.15) is 5.56 Å². The monoisotopic (exact) mass is 252 g/mol. The maximum absolute atomic E-state index is 11.1. The summed E-state index contributed by atoms with van der Waals surface area (Å²) in [5.41, 5.74) is 8.38. The van der Waals surface area contributed by atoms with E-state index in [1.165, 1.54) is 0 Å². The molecule has 1 aromatic heterocycles. The molecule has 1 amide bonds. The van der Waals surface area contributed by atoms with Gasteiger partial charge in [0.15, 0.2) is 0 Å². The minimum Gasteiger partial charge on any atom is -0.369 e. The smallest absolute Gasteiger partial charge is 0.221 e. The molecular weight excluding hydrogens is 240 g/mol. The van der Waals surface area contributed by atoms with Crippen LogP contribution < -0.4 is 5.73 Å². The van der Waals surface area contributed by atoms with E-state index >= 15 is 0 Å². The van der Waals surface area contributed by atoms with Crippen molar-refractivity contribution in [3.05, 3.63) is 54.1 Å². The van der Waals surface area contributed by atoms with Crippen LogP contribution >= 0.6 is 0 Å². The molecule has 2 N–H and O–H groups in total. The summed E-state index contributed by atoms with van der Waals surface area (Å²) in [6.45, 7) is 0. The van der Waals surface area contributed by atoms with Gasteiger partial charge in [0.05, 0.1) is 12.1 Å². The Balaban J connectivity index is 2.13. The quantitative estimate of drug-likeness (QED) is 0.766. The Labute approximate surface area is 109 Å². The van der Waals surface area contributed by atoms with E-state index in [0.717, 1.165) is 16.8 Å². The third-order valence-corrected chi connectivity index (χ3v) is 2.85. The van der Waals surface area contributed by atoms with Crippen LogP contribution in [0.5, 0.6) is 0 Å². The molecular formula is C14H12N4O. The van der Waals surface area contributed by atoms with Crippen LogP contribution in [0, 0.1) is 0 Å². The number of benzene rings is 2. The van der Waals surface area contributed by atoms with Crippen molar-refractivity contribution in [1.82, 2.24) is 15.0 Å². The van der Waals surface area contributed by atoms with Crippen molar-refractivity contribution in [2.24, 2.45) is 5.73 Å². The van der Waals surface area contributed by atoms with E-state index in [4.69, 9.17) is 5.73 Å². The first kappa shape index (κ1) is 11.4. The molecule has 0 saturated carbocycles. The highest BCUT2D eigenvalue weighted by Gasteiger charge is 2.10. The van der Waals surface area contributed by atoms with Gasteiger partial charge >= 0.3 is 0 Å². The Hall–Kier alpha value is -2.69. The van der Waals surface area contributed by atoms with Gasteiger partial charge in [0.2, 0.25) is 5.91 Å². The number of primary amides is 1. The van der Waals surface area contributed by atoms with Crippen LogP contribution in [0.15, 0.2) is 48.5 Å². The minimum atomic E-state index is -0.373. The summed E-state index contributed by atoms with van der Waals surface area (Å²) in [7, 11) is 0. The second-order valence-corrected chi connectivity index (χ2v) is 4.25. The average Bonchev–Trinajstić information content (AvgIpc) is 2.84. The van der Waals surface area contributed by atoms with Gasteiger partial charge in [-0.25, -0.2) is 0 Å².